The summed E-state index contributed by atoms with van der Waals surface area (Å²) in [5.74, 6) is 2.06. The maximum atomic E-state index is 12.0. The zero-order valence-corrected chi connectivity index (χ0v) is 20.0. The van der Waals surface area contributed by atoms with E-state index >= 15 is 0 Å². The molecule has 0 fully saturated rings. The molecule has 0 aliphatic rings. The molecule has 0 radical (unpaired) electrons. The van der Waals surface area contributed by atoms with Crippen LogP contribution < -0.4 is 10.1 Å². The zero-order valence-electron chi connectivity index (χ0n) is 19.2. The molecule has 4 aromatic rings. The number of aryl methyl sites for hydroxylation is 1. The highest BCUT2D eigenvalue weighted by atomic mass is 32.1. The van der Waals surface area contributed by atoms with Gasteiger partial charge in [0.15, 0.2) is 6.61 Å². The fourth-order valence-electron chi connectivity index (χ4n) is 3.41. The Hall–Kier alpha value is -3.52. The molecule has 2 aromatic heterocycles. The van der Waals surface area contributed by atoms with E-state index in [2.05, 4.69) is 33.3 Å². The van der Waals surface area contributed by atoms with Gasteiger partial charge in [-0.3, -0.25) is 4.79 Å². The van der Waals surface area contributed by atoms with Gasteiger partial charge in [-0.15, -0.1) is 11.3 Å². The van der Waals surface area contributed by atoms with Crippen molar-refractivity contribution < 1.29 is 9.53 Å². The molecule has 0 saturated carbocycles. The number of amides is 1. The van der Waals surface area contributed by atoms with Gasteiger partial charge in [0.05, 0.1) is 27.5 Å². The van der Waals surface area contributed by atoms with Gasteiger partial charge in [-0.2, -0.15) is 0 Å². The van der Waals surface area contributed by atoms with Gasteiger partial charge in [-0.25, -0.2) is 15.0 Å². The summed E-state index contributed by atoms with van der Waals surface area (Å²) in [5, 5.41) is 3.47. The summed E-state index contributed by atoms with van der Waals surface area (Å²) in [6, 6.07) is 15.9. The van der Waals surface area contributed by atoms with E-state index in [4.69, 9.17) is 4.74 Å². The lowest BCUT2D eigenvalue weighted by Crippen LogP contribution is -2.31. The highest BCUT2D eigenvalue weighted by Gasteiger charge is 2.12. The summed E-state index contributed by atoms with van der Waals surface area (Å²) in [7, 11) is 1.77. The number of fused-ring (bicyclic) bond motifs is 1. The van der Waals surface area contributed by atoms with Gasteiger partial charge in [0, 0.05) is 25.2 Å². The number of rotatable bonds is 8. The maximum absolute atomic E-state index is 12.0. The van der Waals surface area contributed by atoms with Gasteiger partial charge in [0.25, 0.3) is 5.91 Å². The predicted molar refractivity (Wildman–Crippen MR) is 133 cm³/mol. The summed E-state index contributed by atoms with van der Waals surface area (Å²) < 4.78 is 6.84. The molecule has 2 aromatic carbocycles. The van der Waals surface area contributed by atoms with E-state index in [9.17, 15) is 4.79 Å². The highest BCUT2D eigenvalue weighted by Crippen LogP contribution is 2.28. The van der Waals surface area contributed by atoms with Crippen LogP contribution in [0.15, 0.2) is 54.0 Å². The summed E-state index contributed by atoms with van der Waals surface area (Å²) >= 11 is 1.62. The summed E-state index contributed by atoms with van der Waals surface area (Å²) in [5.41, 5.74) is 5.77. The highest BCUT2D eigenvalue weighted by molar-refractivity contribution is 7.16. The quantitative estimate of drug-likeness (QED) is 0.394. The van der Waals surface area contributed by atoms with Crippen molar-refractivity contribution in [3.8, 4) is 17.0 Å². The molecule has 7 nitrogen and oxygen atoms in total. The number of benzene rings is 2. The van der Waals surface area contributed by atoms with Crippen molar-refractivity contribution >= 4 is 33.3 Å². The van der Waals surface area contributed by atoms with Crippen molar-refractivity contribution in [3.05, 3.63) is 65.4 Å². The first-order valence-electron chi connectivity index (χ1n) is 10.9. The van der Waals surface area contributed by atoms with Crippen molar-refractivity contribution in [1.82, 2.24) is 19.9 Å². The maximum Gasteiger partial charge on any atom is 0.260 e. The second kappa shape index (κ2) is 9.95. The average Bonchev–Trinajstić information content (AvgIpc) is 3.29. The van der Waals surface area contributed by atoms with Crippen molar-refractivity contribution in [1.29, 1.82) is 0 Å². The van der Waals surface area contributed by atoms with Gasteiger partial charge in [0.2, 0.25) is 0 Å². The van der Waals surface area contributed by atoms with Crippen LogP contribution in [0.1, 0.15) is 31.3 Å². The van der Waals surface area contributed by atoms with Crippen LogP contribution in [0, 0.1) is 6.92 Å². The largest absolute Gasteiger partial charge is 0.484 e. The normalized spacial score (nSPS) is 11.9. The van der Waals surface area contributed by atoms with Crippen LogP contribution in [0.5, 0.6) is 5.75 Å². The smallest absolute Gasteiger partial charge is 0.260 e. The first-order valence-corrected chi connectivity index (χ1v) is 11.7. The number of hydrogen-bond donors (Lipinski definition) is 1. The van der Waals surface area contributed by atoms with Crippen molar-refractivity contribution in [2.24, 2.45) is 0 Å². The molecule has 1 amide bonds. The van der Waals surface area contributed by atoms with Crippen LogP contribution in [-0.4, -0.2) is 46.0 Å². The number of ether oxygens (including phenoxy) is 1. The monoisotopic (exact) mass is 461 g/mol. The second-order valence-corrected chi connectivity index (χ2v) is 8.74. The molecule has 2 heterocycles. The third-order valence-electron chi connectivity index (χ3n) is 5.45. The Labute approximate surface area is 197 Å². The lowest BCUT2D eigenvalue weighted by atomic mass is 10.1. The molecule has 0 saturated heterocycles. The van der Waals surface area contributed by atoms with E-state index in [1.54, 1.807) is 23.3 Å². The number of nitrogens with one attached hydrogen (secondary N) is 1. The van der Waals surface area contributed by atoms with Gasteiger partial charge in [-0.05, 0) is 50.6 Å². The third-order valence-corrected chi connectivity index (χ3v) is 6.24. The Morgan fingerprint density at radius 3 is 2.85 bits per heavy atom. The number of carbonyl (C=O) groups is 1. The molecule has 170 valence electrons. The minimum absolute atomic E-state index is 0.0197. The zero-order chi connectivity index (χ0) is 23.4. The van der Waals surface area contributed by atoms with Crippen molar-refractivity contribution in [3.63, 3.8) is 0 Å². The third kappa shape index (κ3) is 5.46. The van der Waals surface area contributed by atoms with E-state index in [-0.39, 0.29) is 18.6 Å². The topological polar surface area (TPSA) is 80.2 Å². The van der Waals surface area contributed by atoms with Gasteiger partial charge >= 0.3 is 0 Å². The summed E-state index contributed by atoms with van der Waals surface area (Å²) in [4.78, 5) is 27.2. The fourth-order valence-corrected chi connectivity index (χ4v) is 4.13. The van der Waals surface area contributed by atoms with Crippen molar-refractivity contribution in [2.75, 3.05) is 25.5 Å². The Bertz CT molecular complexity index is 1270. The molecule has 1 N–H and O–H groups in total. The van der Waals surface area contributed by atoms with Gasteiger partial charge in [0.1, 0.15) is 17.4 Å². The standard InChI is InChI=1S/C25H27N5O2S/c1-5-30(4)25(31)14-32-20-8-6-7-18(11-20)16(2)27-24-13-22(28-17(3)29-24)19-9-10-21-23(12-19)33-15-26-21/h6-13,15-16H,5,14H2,1-4H3,(H,27,28,29). The molecule has 0 aliphatic carbocycles. The van der Waals surface area contributed by atoms with Gasteiger partial charge < -0.3 is 15.0 Å². The number of nitrogens with zero attached hydrogens (tertiary/aromatic N) is 4. The number of aromatic nitrogens is 3. The van der Waals surface area contributed by atoms with E-state index < -0.39 is 0 Å². The van der Waals surface area contributed by atoms with Crippen molar-refractivity contribution in [2.45, 2.75) is 26.8 Å². The number of thiazole rings is 1. The molecule has 8 heteroatoms. The Balaban J connectivity index is 1.49. The number of carbonyl (C=O) groups excluding carboxylic acids is 1. The molecular formula is C25H27N5O2S. The predicted octanol–water partition coefficient (Wildman–Crippen LogP) is 5.09. The SMILES string of the molecule is CCN(C)C(=O)COc1cccc(C(C)Nc2cc(-c3ccc4ncsc4c3)nc(C)n2)c1. The molecule has 4 rings (SSSR count). The Morgan fingerprint density at radius 1 is 1.18 bits per heavy atom. The minimum atomic E-state index is -0.0467. The second-order valence-electron chi connectivity index (χ2n) is 7.86. The van der Waals surface area contributed by atoms with E-state index in [1.165, 1.54) is 0 Å². The molecule has 0 aliphatic heterocycles. The van der Waals surface area contributed by atoms with Crippen LogP contribution in [-0.2, 0) is 4.79 Å². The minimum Gasteiger partial charge on any atom is -0.484 e. The molecular weight excluding hydrogens is 434 g/mol. The first kappa shape index (κ1) is 22.7. The van der Waals surface area contributed by atoms with Crippen LogP contribution >= 0.6 is 11.3 Å². The number of anilines is 1. The Kier molecular flexibility index (Phi) is 6.84. The van der Waals surface area contributed by atoms with E-state index in [0.29, 0.717) is 18.1 Å². The average molecular weight is 462 g/mol. The van der Waals surface area contributed by atoms with Crippen LogP contribution in [0.3, 0.4) is 0 Å². The van der Waals surface area contributed by atoms with Crippen LogP contribution in [0.2, 0.25) is 0 Å². The van der Waals surface area contributed by atoms with E-state index in [1.807, 2.05) is 61.8 Å². The van der Waals surface area contributed by atoms with E-state index in [0.717, 1.165) is 32.9 Å². The molecule has 33 heavy (non-hydrogen) atoms. The summed E-state index contributed by atoms with van der Waals surface area (Å²) in [6.45, 7) is 6.57. The fraction of sp³-hybridized carbons (Fsp3) is 0.280. The number of hydrogen-bond acceptors (Lipinski definition) is 7. The molecule has 0 bridgehead atoms. The van der Waals surface area contributed by atoms with Crippen LogP contribution in [0.25, 0.3) is 21.5 Å². The Morgan fingerprint density at radius 2 is 2.03 bits per heavy atom. The first-order chi connectivity index (χ1) is 15.9. The molecule has 0 spiro atoms. The number of likely N-dealkylation sites (N-methyl/N-ethyl adjacent to an activating group) is 1. The lowest BCUT2D eigenvalue weighted by molar-refractivity contribution is -0.131. The summed E-state index contributed by atoms with van der Waals surface area (Å²) in [6.07, 6.45) is 0. The van der Waals surface area contributed by atoms with Crippen LogP contribution in [0.4, 0.5) is 5.82 Å². The lowest BCUT2D eigenvalue weighted by Gasteiger charge is -2.18. The molecule has 1 unspecified atom stereocenters. The molecule has 1 atom stereocenters. The van der Waals surface area contributed by atoms with Gasteiger partial charge in [-0.1, -0.05) is 18.2 Å².